The lowest BCUT2D eigenvalue weighted by atomic mass is 10.1. The highest BCUT2D eigenvalue weighted by molar-refractivity contribution is 5.87. The maximum absolute atomic E-state index is 4.78. The van der Waals surface area contributed by atoms with E-state index in [0.717, 1.165) is 39.3 Å². The van der Waals surface area contributed by atoms with E-state index in [9.17, 15) is 0 Å². The summed E-state index contributed by atoms with van der Waals surface area (Å²) in [5.74, 6) is 0.909. The molecule has 0 aliphatic heterocycles. The highest BCUT2D eigenvalue weighted by Gasteiger charge is 2.15. The molecule has 3 heterocycles. The third kappa shape index (κ3) is 2.31. The van der Waals surface area contributed by atoms with E-state index in [1.807, 2.05) is 59.3 Å². The van der Waals surface area contributed by atoms with Gasteiger partial charge < -0.3 is 5.32 Å². The second-order valence-electron chi connectivity index (χ2n) is 5.78. The van der Waals surface area contributed by atoms with Gasteiger partial charge in [-0.3, -0.25) is 14.5 Å². The zero-order valence-corrected chi connectivity index (χ0v) is 13.2. The van der Waals surface area contributed by atoms with E-state index in [-0.39, 0.29) is 0 Å². The molecule has 3 aromatic heterocycles. The van der Waals surface area contributed by atoms with E-state index in [4.69, 9.17) is 4.98 Å². The number of nitrogens with one attached hydrogen (secondary N) is 2. The predicted octanol–water partition coefficient (Wildman–Crippen LogP) is 4.02. The number of aromatic amines is 1. The summed E-state index contributed by atoms with van der Waals surface area (Å²) in [7, 11) is 0. The maximum Gasteiger partial charge on any atom is 0.157 e. The van der Waals surface area contributed by atoms with E-state index in [0.29, 0.717) is 0 Å². The van der Waals surface area contributed by atoms with Gasteiger partial charge in [-0.1, -0.05) is 24.3 Å². The van der Waals surface area contributed by atoms with Gasteiger partial charge in [-0.2, -0.15) is 5.10 Å². The van der Waals surface area contributed by atoms with Gasteiger partial charge in [0.2, 0.25) is 0 Å². The van der Waals surface area contributed by atoms with Gasteiger partial charge in [0.1, 0.15) is 11.5 Å². The third-order valence-electron chi connectivity index (χ3n) is 4.18. The Labute approximate surface area is 143 Å². The molecule has 0 radical (unpaired) electrons. The maximum atomic E-state index is 4.78. The van der Waals surface area contributed by atoms with E-state index in [1.165, 1.54) is 0 Å². The molecule has 0 aliphatic carbocycles. The molecule has 0 unspecified atom stereocenters. The minimum atomic E-state index is 0.795. The molecule has 6 nitrogen and oxygen atoms in total. The van der Waals surface area contributed by atoms with E-state index in [2.05, 4.69) is 26.6 Å². The van der Waals surface area contributed by atoms with Crippen LogP contribution in [0.4, 0.5) is 11.5 Å². The Balaban J connectivity index is 1.72. The summed E-state index contributed by atoms with van der Waals surface area (Å²) in [5.41, 5.74) is 4.71. The van der Waals surface area contributed by atoms with Gasteiger partial charge in [-0.15, -0.1) is 0 Å². The normalized spacial score (nSPS) is 11.2. The molecular weight excluding hydrogens is 312 g/mol. The fourth-order valence-electron chi connectivity index (χ4n) is 2.98. The number of anilines is 2. The summed E-state index contributed by atoms with van der Waals surface area (Å²) in [6.45, 7) is 0. The molecule has 0 saturated carbocycles. The number of aromatic nitrogens is 5. The molecule has 0 amide bonds. The van der Waals surface area contributed by atoms with Crippen LogP contribution >= 0.6 is 0 Å². The highest BCUT2D eigenvalue weighted by Crippen LogP contribution is 2.32. The molecule has 0 aliphatic rings. The van der Waals surface area contributed by atoms with Crippen LogP contribution in [0.1, 0.15) is 0 Å². The number of para-hydroxylation sites is 1. The van der Waals surface area contributed by atoms with Crippen LogP contribution in [0.25, 0.3) is 27.8 Å². The van der Waals surface area contributed by atoms with Crippen molar-refractivity contribution in [3.05, 3.63) is 73.3 Å². The lowest BCUT2D eigenvalue weighted by Gasteiger charge is -2.08. The fraction of sp³-hybridized carbons (Fsp3) is 0. The van der Waals surface area contributed by atoms with Gasteiger partial charge in [0.25, 0.3) is 0 Å². The topological polar surface area (TPSA) is 70.9 Å². The molecule has 2 aromatic carbocycles. The predicted molar refractivity (Wildman–Crippen MR) is 97.8 cm³/mol. The molecular formula is C19H14N6. The van der Waals surface area contributed by atoms with Crippen molar-refractivity contribution in [3.63, 3.8) is 0 Å². The molecule has 0 atom stereocenters. The standard InChI is InChI=1S/C19H14N6/c1-2-4-15(5-3-1)22-19-18(23-17-12-20-8-9-25(17)19)13-6-7-16-14(10-13)11-21-24-16/h1-12,22H,(H,21,24). The molecule has 5 aromatic rings. The minimum Gasteiger partial charge on any atom is -0.339 e. The number of rotatable bonds is 3. The molecule has 0 saturated heterocycles. The second kappa shape index (κ2) is 5.45. The summed E-state index contributed by atoms with van der Waals surface area (Å²) in [6.07, 6.45) is 7.25. The van der Waals surface area contributed by atoms with Crippen LogP contribution in [0.5, 0.6) is 0 Å². The van der Waals surface area contributed by atoms with Gasteiger partial charge in [0.05, 0.1) is 17.9 Å². The summed E-state index contributed by atoms with van der Waals surface area (Å²) in [5, 5.41) is 11.6. The summed E-state index contributed by atoms with van der Waals surface area (Å²) in [4.78, 5) is 8.96. The highest BCUT2D eigenvalue weighted by atomic mass is 15.1. The fourth-order valence-corrected chi connectivity index (χ4v) is 2.98. The van der Waals surface area contributed by atoms with Crippen LogP contribution in [0.2, 0.25) is 0 Å². The van der Waals surface area contributed by atoms with Crippen LogP contribution in [0, 0.1) is 0 Å². The Morgan fingerprint density at radius 3 is 2.84 bits per heavy atom. The number of benzene rings is 2. The average Bonchev–Trinajstić information content (AvgIpc) is 3.27. The summed E-state index contributed by atoms with van der Waals surface area (Å²) < 4.78 is 2.01. The first-order valence-corrected chi connectivity index (χ1v) is 7.96. The first kappa shape index (κ1) is 13.7. The van der Waals surface area contributed by atoms with Gasteiger partial charge in [-0.05, 0) is 24.3 Å². The molecule has 0 spiro atoms. The Morgan fingerprint density at radius 2 is 1.92 bits per heavy atom. The number of imidazole rings is 1. The van der Waals surface area contributed by atoms with Crippen molar-refractivity contribution < 1.29 is 0 Å². The van der Waals surface area contributed by atoms with Crippen molar-refractivity contribution in [1.29, 1.82) is 0 Å². The summed E-state index contributed by atoms with van der Waals surface area (Å²) >= 11 is 0. The van der Waals surface area contributed by atoms with E-state index < -0.39 is 0 Å². The number of fused-ring (bicyclic) bond motifs is 2. The number of hydrogen-bond acceptors (Lipinski definition) is 4. The number of nitrogens with zero attached hydrogens (tertiary/aromatic N) is 4. The van der Waals surface area contributed by atoms with Crippen molar-refractivity contribution in [3.8, 4) is 11.3 Å². The van der Waals surface area contributed by atoms with Crippen molar-refractivity contribution >= 4 is 28.1 Å². The number of H-pyrrole nitrogens is 1. The first-order valence-electron chi connectivity index (χ1n) is 7.96. The smallest absolute Gasteiger partial charge is 0.157 e. The van der Waals surface area contributed by atoms with Gasteiger partial charge in [-0.25, -0.2) is 4.98 Å². The molecule has 0 bridgehead atoms. The second-order valence-corrected chi connectivity index (χ2v) is 5.78. The summed E-state index contributed by atoms with van der Waals surface area (Å²) in [6, 6.07) is 16.2. The molecule has 25 heavy (non-hydrogen) atoms. The Kier molecular flexibility index (Phi) is 3.00. The minimum absolute atomic E-state index is 0.795. The first-order chi connectivity index (χ1) is 12.4. The Bertz CT molecular complexity index is 1170. The van der Waals surface area contributed by atoms with Crippen molar-refractivity contribution in [2.75, 3.05) is 5.32 Å². The third-order valence-corrected chi connectivity index (χ3v) is 4.18. The molecule has 5 rings (SSSR count). The lowest BCUT2D eigenvalue weighted by Crippen LogP contribution is -1.96. The van der Waals surface area contributed by atoms with E-state index in [1.54, 1.807) is 12.4 Å². The van der Waals surface area contributed by atoms with Crippen molar-refractivity contribution in [1.82, 2.24) is 24.6 Å². The zero-order chi connectivity index (χ0) is 16.6. The quantitative estimate of drug-likeness (QED) is 0.525. The largest absolute Gasteiger partial charge is 0.339 e. The van der Waals surface area contributed by atoms with Crippen molar-refractivity contribution in [2.24, 2.45) is 0 Å². The van der Waals surface area contributed by atoms with Crippen LogP contribution in [-0.4, -0.2) is 24.6 Å². The molecule has 0 fully saturated rings. The SMILES string of the molecule is c1ccc(Nc2c(-c3ccc4[nH]ncc4c3)nc3cnccn23)cc1. The van der Waals surface area contributed by atoms with Crippen molar-refractivity contribution in [2.45, 2.75) is 0 Å². The molecule has 2 N–H and O–H groups in total. The Morgan fingerprint density at radius 1 is 1.00 bits per heavy atom. The molecule has 6 heteroatoms. The van der Waals surface area contributed by atoms with Gasteiger partial charge >= 0.3 is 0 Å². The number of hydrogen-bond donors (Lipinski definition) is 2. The van der Waals surface area contributed by atoms with Crippen LogP contribution in [0.3, 0.4) is 0 Å². The lowest BCUT2D eigenvalue weighted by molar-refractivity contribution is 1.12. The van der Waals surface area contributed by atoms with E-state index >= 15 is 0 Å². The zero-order valence-electron chi connectivity index (χ0n) is 13.2. The molecule has 120 valence electrons. The average molecular weight is 326 g/mol. The Hall–Kier alpha value is -3.67. The van der Waals surface area contributed by atoms with Crippen LogP contribution in [0.15, 0.2) is 73.3 Å². The van der Waals surface area contributed by atoms with Crippen LogP contribution in [-0.2, 0) is 0 Å². The monoisotopic (exact) mass is 326 g/mol. The van der Waals surface area contributed by atoms with Gasteiger partial charge in [0, 0.05) is 29.0 Å². The van der Waals surface area contributed by atoms with Crippen LogP contribution < -0.4 is 5.32 Å². The van der Waals surface area contributed by atoms with Gasteiger partial charge in [0.15, 0.2) is 5.65 Å².